The summed E-state index contributed by atoms with van der Waals surface area (Å²) in [6.45, 7) is 0.798. The van der Waals surface area contributed by atoms with Gasteiger partial charge in [0.15, 0.2) is 0 Å². The molecule has 1 aliphatic heterocycles. The van der Waals surface area contributed by atoms with E-state index in [9.17, 15) is 13.2 Å². The minimum Gasteiger partial charge on any atom is -0.389 e. The zero-order chi connectivity index (χ0) is 15.9. The van der Waals surface area contributed by atoms with Crippen LogP contribution in [0.5, 0.6) is 0 Å². The Morgan fingerprint density at radius 1 is 1.41 bits per heavy atom. The van der Waals surface area contributed by atoms with E-state index >= 15 is 0 Å². The number of nitrogens with two attached hydrogens (primary N) is 1. The lowest BCUT2D eigenvalue weighted by atomic mass is 10.0. The molecule has 5 nitrogen and oxygen atoms in total. The van der Waals surface area contributed by atoms with Crippen molar-refractivity contribution in [3.63, 3.8) is 0 Å². The molecule has 2 aromatic heterocycles. The van der Waals surface area contributed by atoms with Crippen molar-refractivity contribution in [2.45, 2.75) is 19.1 Å². The maximum atomic E-state index is 12.7. The summed E-state index contributed by atoms with van der Waals surface area (Å²) in [6, 6.07) is 2.92. The first kappa shape index (κ1) is 14.6. The number of nitriles is 1. The lowest BCUT2D eigenvalue weighted by molar-refractivity contribution is -0.141. The highest BCUT2D eigenvalue weighted by Crippen LogP contribution is 2.36. The largest absolute Gasteiger partial charge is 0.433 e. The number of nitrogen functional groups attached to an aromatic ring is 1. The van der Waals surface area contributed by atoms with E-state index in [1.54, 1.807) is 4.90 Å². The van der Waals surface area contributed by atoms with Crippen LogP contribution in [0, 0.1) is 11.3 Å². The molecule has 9 heteroatoms. The van der Waals surface area contributed by atoms with E-state index in [0.717, 1.165) is 22.7 Å². The fourth-order valence-corrected chi connectivity index (χ4v) is 3.46. The van der Waals surface area contributed by atoms with Gasteiger partial charge in [-0.05, 0) is 18.1 Å². The quantitative estimate of drug-likeness (QED) is 0.872. The molecule has 0 aliphatic carbocycles. The Morgan fingerprint density at radius 3 is 2.86 bits per heavy atom. The number of fused-ring (bicyclic) bond motifs is 1. The molecule has 0 aromatic carbocycles. The number of anilines is 2. The van der Waals surface area contributed by atoms with Crippen LogP contribution in [0.15, 0.2) is 12.3 Å². The third-order valence-electron chi connectivity index (χ3n) is 3.41. The Bertz CT molecular complexity index is 762. The van der Waals surface area contributed by atoms with Crippen LogP contribution in [0.1, 0.15) is 21.7 Å². The summed E-state index contributed by atoms with van der Waals surface area (Å²) in [5, 5.41) is 9.53. The Labute approximate surface area is 127 Å². The average molecular weight is 325 g/mol. The van der Waals surface area contributed by atoms with E-state index in [4.69, 9.17) is 11.0 Å². The Morgan fingerprint density at radius 2 is 2.18 bits per heavy atom. The molecule has 3 rings (SSSR count). The highest BCUT2D eigenvalue weighted by Gasteiger charge is 2.33. The van der Waals surface area contributed by atoms with Crippen molar-refractivity contribution in [2.75, 3.05) is 17.2 Å². The maximum Gasteiger partial charge on any atom is 0.433 e. The number of thiophene rings is 1. The van der Waals surface area contributed by atoms with Gasteiger partial charge in [-0.2, -0.15) is 18.4 Å². The summed E-state index contributed by atoms with van der Waals surface area (Å²) in [7, 11) is 0. The number of hydrogen-bond acceptors (Lipinski definition) is 6. The molecule has 0 bridgehead atoms. The van der Waals surface area contributed by atoms with Gasteiger partial charge in [-0.25, -0.2) is 9.97 Å². The molecular formula is C13H10F3N5S. The van der Waals surface area contributed by atoms with Gasteiger partial charge in [0.1, 0.15) is 16.8 Å². The van der Waals surface area contributed by atoms with Gasteiger partial charge in [0, 0.05) is 17.6 Å². The molecule has 0 amide bonds. The monoisotopic (exact) mass is 325 g/mol. The number of aromatic nitrogens is 2. The van der Waals surface area contributed by atoms with E-state index in [0.29, 0.717) is 30.1 Å². The van der Waals surface area contributed by atoms with Crippen molar-refractivity contribution in [1.82, 2.24) is 9.97 Å². The van der Waals surface area contributed by atoms with Gasteiger partial charge in [-0.1, -0.05) is 0 Å². The molecule has 22 heavy (non-hydrogen) atoms. The molecule has 0 radical (unpaired) electrons. The van der Waals surface area contributed by atoms with Gasteiger partial charge in [-0.3, -0.25) is 0 Å². The van der Waals surface area contributed by atoms with Crippen LogP contribution in [-0.2, 0) is 19.1 Å². The summed E-state index contributed by atoms with van der Waals surface area (Å²) in [5.74, 6) is 0.0333. The van der Waals surface area contributed by atoms with Gasteiger partial charge >= 0.3 is 6.18 Å². The number of nitrogens with zero attached hydrogens (tertiary/aromatic N) is 4. The topological polar surface area (TPSA) is 78.8 Å². The maximum absolute atomic E-state index is 12.7. The van der Waals surface area contributed by atoms with Crippen LogP contribution in [0.4, 0.5) is 24.1 Å². The van der Waals surface area contributed by atoms with Crippen LogP contribution in [-0.4, -0.2) is 16.5 Å². The first-order valence-electron chi connectivity index (χ1n) is 6.35. The lowest BCUT2D eigenvalue weighted by Gasteiger charge is -2.27. The van der Waals surface area contributed by atoms with E-state index < -0.39 is 11.9 Å². The molecule has 0 fully saturated rings. The summed E-state index contributed by atoms with van der Waals surface area (Å²) in [4.78, 5) is 10.0. The van der Waals surface area contributed by atoms with Crippen LogP contribution >= 0.6 is 11.3 Å². The summed E-state index contributed by atoms with van der Waals surface area (Å²) in [6.07, 6.45) is -2.87. The molecule has 1 aliphatic rings. The summed E-state index contributed by atoms with van der Waals surface area (Å²) in [5.41, 5.74) is 6.19. The zero-order valence-corrected chi connectivity index (χ0v) is 12.0. The Hall–Kier alpha value is -2.34. The van der Waals surface area contributed by atoms with Crippen molar-refractivity contribution >= 4 is 22.3 Å². The zero-order valence-electron chi connectivity index (χ0n) is 11.2. The third-order valence-corrected chi connectivity index (χ3v) is 4.46. The number of halogens is 3. The van der Waals surface area contributed by atoms with E-state index in [-0.39, 0.29) is 5.95 Å². The van der Waals surface area contributed by atoms with Gasteiger partial charge in [-0.15, -0.1) is 11.3 Å². The second-order valence-electron chi connectivity index (χ2n) is 4.77. The Balaban J connectivity index is 1.91. The van der Waals surface area contributed by atoms with Crippen LogP contribution < -0.4 is 10.6 Å². The normalized spacial score (nSPS) is 14.5. The van der Waals surface area contributed by atoms with Crippen LogP contribution in [0.3, 0.4) is 0 Å². The average Bonchev–Trinajstić information content (AvgIpc) is 2.80. The Kier molecular flexibility index (Phi) is 3.41. The third kappa shape index (κ3) is 2.46. The molecular weight excluding hydrogens is 315 g/mol. The van der Waals surface area contributed by atoms with Crippen LogP contribution in [0.25, 0.3) is 0 Å². The van der Waals surface area contributed by atoms with Crippen molar-refractivity contribution in [3.8, 4) is 6.07 Å². The molecule has 2 aromatic rings. The second-order valence-corrected chi connectivity index (χ2v) is 5.90. The fraction of sp³-hybridized carbons (Fsp3) is 0.308. The summed E-state index contributed by atoms with van der Waals surface area (Å²) < 4.78 is 38.2. The van der Waals surface area contributed by atoms with Crippen molar-refractivity contribution in [2.24, 2.45) is 0 Å². The number of hydrogen-bond donors (Lipinski definition) is 1. The molecule has 3 heterocycles. The number of alkyl halides is 3. The van der Waals surface area contributed by atoms with Crippen molar-refractivity contribution in [3.05, 3.63) is 34.0 Å². The summed E-state index contributed by atoms with van der Waals surface area (Å²) >= 11 is 1.29. The van der Waals surface area contributed by atoms with Gasteiger partial charge < -0.3 is 10.6 Å². The van der Waals surface area contributed by atoms with E-state index in [2.05, 4.69) is 16.0 Å². The predicted octanol–water partition coefficient (Wildman–Crippen LogP) is 2.57. The predicted molar refractivity (Wildman–Crippen MR) is 75.2 cm³/mol. The highest BCUT2D eigenvalue weighted by atomic mass is 32.1. The fourth-order valence-electron chi connectivity index (χ4n) is 2.38. The van der Waals surface area contributed by atoms with Crippen molar-refractivity contribution in [1.29, 1.82) is 5.26 Å². The SMILES string of the molecule is N#Cc1c(N)sc2c1CCN(c1nccc(C(F)(F)F)n1)C2. The molecule has 114 valence electrons. The molecule has 0 atom stereocenters. The van der Waals surface area contributed by atoms with Gasteiger partial charge in [0.25, 0.3) is 0 Å². The highest BCUT2D eigenvalue weighted by molar-refractivity contribution is 7.16. The molecule has 0 spiro atoms. The molecule has 2 N–H and O–H groups in total. The molecule has 0 saturated carbocycles. The van der Waals surface area contributed by atoms with E-state index in [1.165, 1.54) is 11.3 Å². The van der Waals surface area contributed by atoms with Gasteiger partial charge in [0.05, 0.1) is 12.1 Å². The van der Waals surface area contributed by atoms with E-state index in [1.807, 2.05) is 0 Å². The molecule has 0 saturated heterocycles. The minimum atomic E-state index is -4.50. The van der Waals surface area contributed by atoms with Crippen LogP contribution in [0.2, 0.25) is 0 Å². The molecule has 0 unspecified atom stereocenters. The lowest BCUT2D eigenvalue weighted by Crippen LogP contribution is -2.31. The first-order chi connectivity index (χ1) is 10.4. The first-order valence-corrected chi connectivity index (χ1v) is 7.17. The number of rotatable bonds is 1. The standard InChI is InChI=1S/C13H10F3N5S/c14-13(15,16)10-1-3-19-12(20-10)21-4-2-7-8(5-17)11(18)22-9(7)6-21/h1,3H,2,4,6,18H2. The smallest absolute Gasteiger partial charge is 0.389 e. The van der Waals surface area contributed by atoms with Crippen molar-refractivity contribution < 1.29 is 13.2 Å². The minimum absolute atomic E-state index is 0.0333. The van der Waals surface area contributed by atoms with Gasteiger partial charge in [0.2, 0.25) is 5.95 Å². The second kappa shape index (κ2) is 5.14.